The van der Waals surface area contributed by atoms with E-state index < -0.39 is 17.7 Å². The van der Waals surface area contributed by atoms with Gasteiger partial charge in [0, 0.05) is 30.8 Å². The second-order valence-electron chi connectivity index (χ2n) is 9.11. The third-order valence-electron chi connectivity index (χ3n) is 7.06. The highest BCUT2D eigenvalue weighted by molar-refractivity contribution is 6.00. The topological polar surface area (TPSA) is 82.6 Å². The largest absolute Gasteiger partial charge is 0.416 e. The van der Waals surface area contributed by atoms with E-state index in [1.54, 1.807) is 5.01 Å². The van der Waals surface area contributed by atoms with Crippen LogP contribution in [0.15, 0.2) is 77.3 Å². The molecule has 5 rings (SSSR count). The highest BCUT2D eigenvalue weighted by Crippen LogP contribution is 2.50. The van der Waals surface area contributed by atoms with Crippen molar-refractivity contribution < 1.29 is 22.7 Å². The van der Waals surface area contributed by atoms with Gasteiger partial charge < -0.3 is 10.5 Å². The number of halogens is 3. The molecule has 6 nitrogen and oxygen atoms in total. The van der Waals surface area contributed by atoms with Crippen molar-refractivity contribution in [1.82, 2.24) is 10.0 Å². The van der Waals surface area contributed by atoms with E-state index in [1.165, 1.54) is 18.2 Å². The van der Waals surface area contributed by atoms with Gasteiger partial charge in [-0.15, -0.1) is 0 Å². The summed E-state index contributed by atoms with van der Waals surface area (Å²) in [4.78, 5) is 13.8. The standard InChI is InChI=1S/C27H25F3N4O2/c28-27(29,30)21-9-5-4-8-19(21)24-20(16-31)26(32)34(33-10-12-36-13-11-33)22-14-18(15-23(35)25(22)24)17-6-2-1-3-7-17/h1-9,18,24H,10-15,32H2/t18-,24+/m0/s1. The molecule has 1 saturated heterocycles. The monoisotopic (exact) mass is 494 g/mol. The van der Waals surface area contributed by atoms with Crippen LogP contribution < -0.4 is 5.73 Å². The second kappa shape index (κ2) is 9.45. The van der Waals surface area contributed by atoms with Gasteiger partial charge in [0.05, 0.1) is 36.3 Å². The SMILES string of the molecule is N#CC1=C(N)N(N2CCOCC2)C2=C(C(=O)C[C@@H](c3ccccc3)C2)[C@@H]1c1ccccc1C(F)(F)F. The molecule has 0 spiro atoms. The number of alkyl halides is 3. The van der Waals surface area contributed by atoms with E-state index in [-0.39, 0.29) is 40.7 Å². The number of hydrogen-bond donors (Lipinski definition) is 1. The molecule has 0 bridgehead atoms. The van der Waals surface area contributed by atoms with E-state index in [1.807, 2.05) is 41.4 Å². The Labute approximate surface area is 207 Å². The molecule has 2 N–H and O–H groups in total. The van der Waals surface area contributed by atoms with Crippen LogP contribution in [0.2, 0.25) is 0 Å². The highest BCUT2D eigenvalue weighted by atomic mass is 19.4. The number of hydrazine groups is 1. The fourth-order valence-corrected chi connectivity index (χ4v) is 5.47. The highest BCUT2D eigenvalue weighted by Gasteiger charge is 2.46. The van der Waals surface area contributed by atoms with Gasteiger partial charge in [-0.05, 0) is 29.5 Å². The number of morpholine rings is 1. The van der Waals surface area contributed by atoms with E-state index in [0.717, 1.165) is 11.6 Å². The fourth-order valence-electron chi connectivity index (χ4n) is 5.47. The van der Waals surface area contributed by atoms with E-state index in [4.69, 9.17) is 10.5 Å². The first-order chi connectivity index (χ1) is 17.3. The molecule has 2 heterocycles. The first kappa shape index (κ1) is 24.1. The Hall–Kier alpha value is -3.61. The van der Waals surface area contributed by atoms with Gasteiger partial charge in [-0.3, -0.25) is 9.80 Å². The van der Waals surface area contributed by atoms with Gasteiger partial charge in [0.1, 0.15) is 5.82 Å². The Morgan fingerprint density at radius 2 is 1.67 bits per heavy atom. The summed E-state index contributed by atoms with van der Waals surface area (Å²) in [7, 11) is 0. The van der Waals surface area contributed by atoms with Crippen molar-refractivity contribution in [1.29, 1.82) is 5.26 Å². The Morgan fingerprint density at radius 1 is 1.00 bits per heavy atom. The lowest BCUT2D eigenvalue weighted by molar-refractivity contribution is -0.138. The molecule has 186 valence electrons. The van der Waals surface area contributed by atoms with E-state index in [2.05, 4.69) is 0 Å². The predicted octanol–water partition coefficient (Wildman–Crippen LogP) is 4.45. The minimum atomic E-state index is -4.65. The molecular weight excluding hydrogens is 469 g/mol. The number of nitrogens with zero attached hydrogens (tertiary/aromatic N) is 3. The number of nitrogens with two attached hydrogens (primary N) is 1. The van der Waals surface area contributed by atoms with Crippen LogP contribution in [0.25, 0.3) is 0 Å². The number of hydrogen-bond acceptors (Lipinski definition) is 6. The number of nitriles is 1. The minimum absolute atomic E-state index is 0.0524. The van der Waals surface area contributed by atoms with Crippen molar-refractivity contribution in [3.8, 4) is 6.07 Å². The number of rotatable bonds is 3. The average Bonchev–Trinajstić information content (AvgIpc) is 2.88. The first-order valence-corrected chi connectivity index (χ1v) is 11.8. The molecule has 2 atom stereocenters. The lowest BCUT2D eigenvalue weighted by atomic mass is 9.71. The summed E-state index contributed by atoms with van der Waals surface area (Å²) >= 11 is 0. The zero-order valence-electron chi connectivity index (χ0n) is 19.5. The summed E-state index contributed by atoms with van der Waals surface area (Å²) in [6, 6.07) is 16.7. The summed E-state index contributed by atoms with van der Waals surface area (Å²) in [5, 5.41) is 13.7. The van der Waals surface area contributed by atoms with Gasteiger partial charge >= 0.3 is 6.18 Å². The molecule has 9 heteroatoms. The molecule has 0 saturated carbocycles. The Balaban J connectivity index is 1.72. The molecule has 2 aromatic carbocycles. The minimum Gasteiger partial charge on any atom is -0.383 e. The number of allylic oxidation sites excluding steroid dienone is 3. The van der Waals surface area contributed by atoms with Gasteiger partial charge in [-0.1, -0.05) is 48.5 Å². The molecule has 1 fully saturated rings. The summed E-state index contributed by atoms with van der Waals surface area (Å²) in [5.74, 6) is -1.56. The van der Waals surface area contributed by atoms with Crippen molar-refractivity contribution in [2.75, 3.05) is 26.3 Å². The van der Waals surface area contributed by atoms with E-state index >= 15 is 0 Å². The smallest absolute Gasteiger partial charge is 0.383 e. The number of Topliss-reactive ketones (excluding diaryl/α,β-unsaturated/α-hetero) is 1. The quantitative estimate of drug-likeness (QED) is 0.679. The number of carbonyl (C=O) groups excluding carboxylic acids is 1. The Morgan fingerprint density at radius 3 is 2.33 bits per heavy atom. The van der Waals surface area contributed by atoms with Crippen molar-refractivity contribution >= 4 is 5.78 Å². The molecule has 2 aliphatic heterocycles. The van der Waals surface area contributed by atoms with Crippen molar-refractivity contribution in [2.24, 2.45) is 5.73 Å². The maximum absolute atomic E-state index is 14.0. The van der Waals surface area contributed by atoms with Gasteiger partial charge in [0.25, 0.3) is 0 Å². The molecule has 0 aromatic heterocycles. The zero-order valence-corrected chi connectivity index (χ0v) is 19.5. The molecule has 3 aliphatic rings. The van der Waals surface area contributed by atoms with E-state index in [0.29, 0.717) is 38.4 Å². The molecule has 0 unspecified atom stereocenters. The van der Waals surface area contributed by atoms with Gasteiger partial charge in [-0.25, -0.2) is 5.01 Å². The van der Waals surface area contributed by atoms with Crippen LogP contribution in [0.3, 0.4) is 0 Å². The molecule has 2 aromatic rings. The van der Waals surface area contributed by atoms with Crippen LogP contribution >= 0.6 is 0 Å². The number of ketones is 1. The number of ether oxygens (including phenoxy) is 1. The summed E-state index contributed by atoms with van der Waals surface area (Å²) in [6.07, 6.45) is -4.10. The second-order valence-corrected chi connectivity index (χ2v) is 9.11. The van der Waals surface area contributed by atoms with Crippen molar-refractivity contribution in [3.63, 3.8) is 0 Å². The number of benzene rings is 2. The maximum atomic E-state index is 14.0. The summed E-state index contributed by atoms with van der Waals surface area (Å²) in [6.45, 7) is 1.82. The lowest BCUT2D eigenvalue weighted by Gasteiger charge is -2.47. The van der Waals surface area contributed by atoms with Crippen LogP contribution in [-0.4, -0.2) is 42.1 Å². The van der Waals surface area contributed by atoms with Crippen molar-refractivity contribution in [2.45, 2.75) is 30.9 Å². The molecular formula is C27H25F3N4O2. The Bertz CT molecular complexity index is 1270. The van der Waals surface area contributed by atoms with Crippen molar-refractivity contribution in [3.05, 3.63) is 94.0 Å². The predicted molar refractivity (Wildman–Crippen MR) is 126 cm³/mol. The van der Waals surface area contributed by atoms with Crippen LogP contribution in [0.5, 0.6) is 0 Å². The molecule has 0 amide bonds. The molecule has 0 radical (unpaired) electrons. The normalized spacial score (nSPS) is 23.5. The third kappa shape index (κ3) is 4.16. The van der Waals surface area contributed by atoms with Gasteiger partial charge in [0.15, 0.2) is 5.78 Å². The summed E-state index contributed by atoms with van der Waals surface area (Å²) in [5.41, 5.74) is 7.25. The lowest BCUT2D eigenvalue weighted by Crippen LogP contribution is -2.52. The first-order valence-electron chi connectivity index (χ1n) is 11.8. The average molecular weight is 495 g/mol. The summed E-state index contributed by atoms with van der Waals surface area (Å²) < 4.78 is 47.6. The molecule has 36 heavy (non-hydrogen) atoms. The van der Waals surface area contributed by atoms with Crippen LogP contribution in [0, 0.1) is 11.3 Å². The van der Waals surface area contributed by atoms with Gasteiger partial charge in [0.2, 0.25) is 0 Å². The zero-order chi connectivity index (χ0) is 25.4. The number of carbonyl (C=O) groups is 1. The van der Waals surface area contributed by atoms with Crippen LogP contribution in [-0.2, 0) is 15.7 Å². The van der Waals surface area contributed by atoms with E-state index in [9.17, 15) is 23.2 Å². The Kier molecular flexibility index (Phi) is 6.33. The molecule has 1 aliphatic carbocycles. The van der Waals surface area contributed by atoms with Gasteiger partial charge in [-0.2, -0.15) is 18.4 Å². The van der Waals surface area contributed by atoms with Crippen LogP contribution in [0.1, 0.15) is 41.4 Å². The third-order valence-corrected chi connectivity index (χ3v) is 7.06. The van der Waals surface area contributed by atoms with Crippen LogP contribution in [0.4, 0.5) is 13.2 Å². The fraction of sp³-hybridized carbons (Fsp3) is 0.333. The maximum Gasteiger partial charge on any atom is 0.416 e.